The van der Waals surface area contributed by atoms with E-state index in [0.29, 0.717) is 21.2 Å². The van der Waals surface area contributed by atoms with Crippen LogP contribution >= 0.6 is 11.3 Å². The summed E-state index contributed by atoms with van der Waals surface area (Å²) in [6.07, 6.45) is 0.105. The van der Waals surface area contributed by atoms with Gasteiger partial charge in [0.1, 0.15) is 15.6 Å². The van der Waals surface area contributed by atoms with Crippen molar-refractivity contribution >= 4 is 34.1 Å². The Morgan fingerprint density at radius 2 is 1.85 bits per heavy atom. The van der Waals surface area contributed by atoms with E-state index >= 15 is 0 Å². The number of thiophene rings is 1. The molecule has 0 saturated heterocycles. The smallest absolute Gasteiger partial charge is 0.348 e. The van der Waals surface area contributed by atoms with Crippen LogP contribution in [0.4, 0.5) is 5.00 Å². The first kappa shape index (κ1) is 20.4. The average molecular weight is 390 g/mol. The maximum absolute atomic E-state index is 12.2. The summed E-state index contributed by atoms with van der Waals surface area (Å²) < 4.78 is 10.5. The molecule has 0 saturated carbocycles. The molecule has 0 fully saturated rings. The van der Waals surface area contributed by atoms with E-state index in [4.69, 9.17) is 9.47 Å². The Balaban J connectivity index is 2.09. The highest BCUT2D eigenvalue weighted by molar-refractivity contribution is 7.18. The molecule has 0 spiro atoms. The van der Waals surface area contributed by atoms with Crippen molar-refractivity contribution in [1.29, 1.82) is 0 Å². The van der Waals surface area contributed by atoms with Gasteiger partial charge in [-0.25, -0.2) is 4.79 Å². The summed E-state index contributed by atoms with van der Waals surface area (Å²) in [7, 11) is 1.49. The Bertz CT molecular complexity index is 817. The first-order valence-corrected chi connectivity index (χ1v) is 9.29. The van der Waals surface area contributed by atoms with Gasteiger partial charge in [-0.15, -0.1) is 11.3 Å². The number of rotatable bonds is 8. The van der Waals surface area contributed by atoms with Crippen LogP contribution in [0.15, 0.2) is 30.3 Å². The van der Waals surface area contributed by atoms with Crippen LogP contribution < -0.4 is 15.4 Å². The van der Waals surface area contributed by atoms with E-state index in [2.05, 4.69) is 10.6 Å². The summed E-state index contributed by atoms with van der Waals surface area (Å²) in [4.78, 5) is 36.8. The topological polar surface area (TPSA) is 93.7 Å². The van der Waals surface area contributed by atoms with Gasteiger partial charge in [-0.1, -0.05) is 18.2 Å². The average Bonchev–Trinajstić information content (AvgIpc) is 2.98. The molecule has 2 amide bonds. The van der Waals surface area contributed by atoms with Gasteiger partial charge in [0.2, 0.25) is 5.91 Å². The zero-order valence-corrected chi connectivity index (χ0v) is 16.3. The van der Waals surface area contributed by atoms with Crippen molar-refractivity contribution in [2.45, 2.75) is 20.3 Å². The van der Waals surface area contributed by atoms with Crippen LogP contribution in [0.25, 0.3) is 0 Å². The number of nitrogens with one attached hydrogen (secondary N) is 2. The van der Waals surface area contributed by atoms with Crippen LogP contribution in [0.1, 0.15) is 38.9 Å². The van der Waals surface area contributed by atoms with Crippen molar-refractivity contribution in [3.8, 4) is 5.75 Å². The summed E-state index contributed by atoms with van der Waals surface area (Å²) in [5.74, 6) is -0.533. The summed E-state index contributed by atoms with van der Waals surface area (Å²) in [5.41, 5.74) is 0.747. The predicted molar refractivity (Wildman–Crippen MR) is 104 cm³/mol. The first-order chi connectivity index (χ1) is 13.0. The molecule has 2 aromatic rings. The second-order valence-corrected chi connectivity index (χ2v) is 6.54. The quantitative estimate of drug-likeness (QED) is 0.676. The molecule has 2 N–H and O–H groups in total. The third-order valence-electron chi connectivity index (χ3n) is 3.66. The normalized spacial score (nSPS) is 10.2. The summed E-state index contributed by atoms with van der Waals surface area (Å²) >= 11 is 1.03. The standard InChI is InChI=1S/C19H22N2O5S/c1-4-25-19(24)16-12(2)15(17(23)20-3)18(27-16)21-14(22)10-11-26-13-8-6-5-7-9-13/h5-9H,4,10-11H2,1-3H3,(H,20,23)(H,21,22). The minimum atomic E-state index is -0.516. The number of para-hydroxylation sites is 1. The Hall–Kier alpha value is -2.87. The van der Waals surface area contributed by atoms with Crippen LogP contribution in [0.2, 0.25) is 0 Å². The molecular formula is C19H22N2O5S. The number of hydrogen-bond acceptors (Lipinski definition) is 6. The lowest BCUT2D eigenvalue weighted by atomic mass is 10.1. The van der Waals surface area contributed by atoms with E-state index in [1.165, 1.54) is 7.05 Å². The van der Waals surface area contributed by atoms with Gasteiger partial charge >= 0.3 is 5.97 Å². The molecule has 144 valence electrons. The third-order valence-corrected chi connectivity index (χ3v) is 4.84. The minimum absolute atomic E-state index is 0.105. The number of carbonyl (C=O) groups excluding carboxylic acids is 3. The highest BCUT2D eigenvalue weighted by Crippen LogP contribution is 2.33. The largest absolute Gasteiger partial charge is 0.493 e. The molecule has 27 heavy (non-hydrogen) atoms. The zero-order chi connectivity index (χ0) is 19.8. The van der Waals surface area contributed by atoms with E-state index in [9.17, 15) is 14.4 Å². The Labute approximate surface area is 161 Å². The van der Waals surface area contributed by atoms with Crippen molar-refractivity contribution in [2.24, 2.45) is 0 Å². The third kappa shape index (κ3) is 5.30. The van der Waals surface area contributed by atoms with E-state index < -0.39 is 5.97 Å². The maximum Gasteiger partial charge on any atom is 0.348 e. The van der Waals surface area contributed by atoms with Gasteiger partial charge in [0.05, 0.1) is 25.2 Å². The van der Waals surface area contributed by atoms with E-state index in [1.807, 2.05) is 18.2 Å². The molecule has 0 atom stereocenters. The lowest BCUT2D eigenvalue weighted by Crippen LogP contribution is -2.21. The summed E-state index contributed by atoms with van der Waals surface area (Å²) in [5, 5.41) is 5.54. The molecule has 7 nitrogen and oxygen atoms in total. The molecule has 0 aliphatic carbocycles. The number of amides is 2. The maximum atomic E-state index is 12.2. The number of anilines is 1. The van der Waals surface area contributed by atoms with Gasteiger partial charge in [-0.05, 0) is 31.5 Å². The molecule has 0 bridgehead atoms. The van der Waals surface area contributed by atoms with Gasteiger partial charge in [-0.3, -0.25) is 9.59 Å². The monoisotopic (exact) mass is 390 g/mol. The van der Waals surface area contributed by atoms with Crippen LogP contribution in [0.5, 0.6) is 5.75 Å². The van der Waals surface area contributed by atoms with Crippen molar-refractivity contribution in [3.63, 3.8) is 0 Å². The molecule has 1 aromatic carbocycles. The van der Waals surface area contributed by atoms with Gasteiger partial charge in [0, 0.05) is 7.05 Å². The second kappa shape index (κ2) is 9.72. The summed E-state index contributed by atoms with van der Waals surface area (Å²) in [6.45, 7) is 3.78. The fourth-order valence-electron chi connectivity index (χ4n) is 2.36. The molecule has 2 rings (SSSR count). The fourth-order valence-corrected chi connectivity index (χ4v) is 3.47. The lowest BCUT2D eigenvalue weighted by molar-refractivity contribution is -0.116. The van der Waals surface area contributed by atoms with Gasteiger partial charge < -0.3 is 20.1 Å². The van der Waals surface area contributed by atoms with Crippen molar-refractivity contribution < 1.29 is 23.9 Å². The highest BCUT2D eigenvalue weighted by Gasteiger charge is 2.25. The Kier molecular flexibility index (Phi) is 7.36. The van der Waals surface area contributed by atoms with Crippen LogP contribution in [0.3, 0.4) is 0 Å². The van der Waals surface area contributed by atoms with E-state index in [1.54, 1.807) is 26.0 Å². The van der Waals surface area contributed by atoms with Crippen molar-refractivity contribution in [1.82, 2.24) is 5.32 Å². The molecule has 0 radical (unpaired) electrons. The molecule has 0 aliphatic heterocycles. The van der Waals surface area contributed by atoms with E-state index in [-0.39, 0.29) is 37.0 Å². The molecule has 1 aromatic heterocycles. The zero-order valence-electron chi connectivity index (χ0n) is 15.5. The molecule has 8 heteroatoms. The minimum Gasteiger partial charge on any atom is -0.493 e. The van der Waals surface area contributed by atoms with Gasteiger partial charge in [0.15, 0.2) is 0 Å². The predicted octanol–water partition coefficient (Wildman–Crippen LogP) is 3.00. The number of ether oxygens (including phenoxy) is 2. The number of carbonyl (C=O) groups is 3. The van der Waals surface area contributed by atoms with Gasteiger partial charge in [-0.2, -0.15) is 0 Å². The van der Waals surface area contributed by atoms with Gasteiger partial charge in [0.25, 0.3) is 5.91 Å². The molecule has 0 aliphatic rings. The first-order valence-electron chi connectivity index (χ1n) is 8.48. The van der Waals surface area contributed by atoms with Crippen LogP contribution in [-0.4, -0.2) is 38.0 Å². The Morgan fingerprint density at radius 3 is 2.48 bits per heavy atom. The number of benzene rings is 1. The Morgan fingerprint density at radius 1 is 1.15 bits per heavy atom. The van der Waals surface area contributed by atoms with Crippen molar-refractivity contribution in [2.75, 3.05) is 25.6 Å². The fraction of sp³-hybridized carbons (Fsp3) is 0.316. The second-order valence-electron chi connectivity index (χ2n) is 5.52. The number of hydrogen-bond donors (Lipinski definition) is 2. The number of esters is 1. The lowest BCUT2D eigenvalue weighted by Gasteiger charge is -2.08. The molecular weight excluding hydrogens is 368 g/mol. The highest BCUT2D eigenvalue weighted by atomic mass is 32.1. The molecule has 1 heterocycles. The van der Waals surface area contributed by atoms with Crippen LogP contribution in [0, 0.1) is 6.92 Å². The summed E-state index contributed by atoms with van der Waals surface area (Å²) in [6, 6.07) is 9.17. The molecule has 0 unspecified atom stereocenters. The van der Waals surface area contributed by atoms with E-state index in [0.717, 1.165) is 11.3 Å². The van der Waals surface area contributed by atoms with Crippen molar-refractivity contribution in [3.05, 3.63) is 46.3 Å². The van der Waals surface area contributed by atoms with Crippen LogP contribution in [-0.2, 0) is 9.53 Å². The SMILES string of the molecule is CCOC(=O)c1sc(NC(=O)CCOc2ccccc2)c(C(=O)NC)c1C.